The van der Waals surface area contributed by atoms with Crippen molar-refractivity contribution >= 4 is 46.0 Å². The standard InChI is InChI=1S/C20H18ClFN6O2/c21-11-6-5-9(7-12(11)22)25-18(29)19(30)28-17-15(27-20(23)24)8-14-16(17)10-3-1-2-4-13(10)26-14/h1-7,15,17,26H,8H2,(H,25,29)(H,28,30)(H4,23,24,27)/t15-,17+/m0/s1. The minimum atomic E-state index is -0.950. The Balaban J connectivity index is 1.59. The number of hydrogen-bond acceptors (Lipinski definition) is 3. The lowest BCUT2D eigenvalue weighted by molar-refractivity contribution is -0.136. The van der Waals surface area contributed by atoms with Gasteiger partial charge in [-0.25, -0.2) is 9.38 Å². The van der Waals surface area contributed by atoms with E-state index in [1.165, 1.54) is 12.1 Å². The van der Waals surface area contributed by atoms with E-state index in [1.54, 1.807) is 0 Å². The number of fused-ring (bicyclic) bond motifs is 3. The highest BCUT2D eigenvalue weighted by atomic mass is 35.5. The normalized spacial score (nSPS) is 17.4. The largest absolute Gasteiger partial charge is 0.370 e. The summed E-state index contributed by atoms with van der Waals surface area (Å²) < 4.78 is 13.6. The minimum Gasteiger partial charge on any atom is -0.370 e. The number of carbonyl (C=O) groups excluding carboxylic acids is 2. The van der Waals surface area contributed by atoms with Crippen molar-refractivity contribution in [3.05, 3.63) is 64.6 Å². The molecule has 3 aromatic rings. The molecule has 1 aliphatic rings. The summed E-state index contributed by atoms with van der Waals surface area (Å²) in [6.45, 7) is 0. The SMILES string of the molecule is NC(N)=N[C@H]1Cc2[nH]c3ccccc3c2[C@@H]1NC(=O)C(=O)Nc1ccc(Cl)c(F)c1. The van der Waals surface area contributed by atoms with E-state index in [4.69, 9.17) is 23.1 Å². The number of anilines is 1. The summed E-state index contributed by atoms with van der Waals surface area (Å²) in [7, 11) is 0. The molecule has 4 rings (SSSR count). The molecule has 1 aromatic heterocycles. The summed E-state index contributed by atoms with van der Waals surface area (Å²) in [6, 6.07) is 10.2. The van der Waals surface area contributed by atoms with Gasteiger partial charge in [0.05, 0.1) is 17.1 Å². The van der Waals surface area contributed by atoms with Crippen molar-refractivity contribution in [2.75, 3.05) is 5.32 Å². The Kier molecular flexibility index (Phi) is 5.04. The second kappa shape index (κ2) is 7.68. The number of carbonyl (C=O) groups is 2. The van der Waals surface area contributed by atoms with Crippen molar-refractivity contribution in [3.63, 3.8) is 0 Å². The number of H-pyrrole nitrogens is 1. The van der Waals surface area contributed by atoms with Crippen molar-refractivity contribution in [1.82, 2.24) is 10.3 Å². The van der Waals surface area contributed by atoms with Crippen LogP contribution in [0.2, 0.25) is 5.02 Å². The fourth-order valence-corrected chi connectivity index (χ4v) is 3.82. The van der Waals surface area contributed by atoms with Gasteiger partial charge in [0.2, 0.25) is 0 Å². The van der Waals surface area contributed by atoms with E-state index in [0.29, 0.717) is 6.42 Å². The molecule has 10 heteroatoms. The van der Waals surface area contributed by atoms with Gasteiger partial charge >= 0.3 is 11.8 Å². The van der Waals surface area contributed by atoms with Crippen LogP contribution in [0.5, 0.6) is 0 Å². The number of aromatic nitrogens is 1. The molecule has 30 heavy (non-hydrogen) atoms. The number of nitrogens with two attached hydrogens (primary N) is 2. The molecule has 0 spiro atoms. The maximum atomic E-state index is 13.6. The van der Waals surface area contributed by atoms with Gasteiger partial charge < -0.3 is 27.1 Å². The summed E-state index contributed by atoms with van der Waals surface area (Å²) in [5, 5.41) is 5.88. The minimum absolute atomic E-state index is 0.0876. The van der Waals surface area contributed by atoms with Crippen LogP contribution in [0.15, 0.2) is 47.5 Å². The lowest BCUT2D eigenvalue weighted by Gasteiger charge is -2.19. The molecule has 0 unspecified atom stereocenters. The van der Waals surface area contributed by atoms with Gasteiger partial charge in [-0.3, -0.25) is 9.59 Å². The van der Waals surface area contributed by atoms with Crippen LogP contribution in [-0.4, -0.2) is 28.8 Å². The zero-order valence-corrected chi connectivity index (χ0v) is 16.3. The highest BCUT2D eigenvalue weighted by Crippen LogP contribution is 2.38. The highest BCUT2D eigenvalue weighted by Gasteiger charge is 2.37. The lowest BCUT2D eigenvalue weighted by atomic mass is 10.0. The highest BCUT2D eigenvalue weighted by molar-refractivity contribution is 6.39. The van der Waals surface area contributed by atoms with Crippen LogP contribution in [0.4, 0.5) is 10.1 Å². The Hall–Kier alpha value is -3.59. The maximum Gasteiger partial charge on any atom is 0.313 e. The van der Waals surface area contributed by atoms with Crippen molar-refractivity contribution in [1.29, 1.82) is 0 Å². The number of amides is 2. The third-order valence-corrected chi connectivity index (χ3v) is 5.23. The van der Waals surface area contributed by atoms with Gasteiger partial charge in [-0.1, -0.05) is 29.8 Å². The number of guanidine groups is 1. The molecule has 0 aliphatic heterocycles. The first-order valence-electron chi connectivity index (χ1n) is 9.08. The van der Waals surface area contributed by atoms with Gasteiger partial charge in [-0.15, -0.1) is 0 Å². The second-order valence-electron chi connectivity index (χ2n) is 6.92. The van der Waals surface area contributed by atoms with E-state index in [2.05, 4.69) is 20.6 Å². The van der Waals surface area contributed by atoms with E-state index in [0.717, 1.165) is 28.2 Å². The first-order chi connectivity index (χ1) is 14.3. The predicted octanol–water partition coefficient (Wildman–Crippen LogP) is 1.95. The Labute approximate surface area is 175 Å². The Bertz CT molecular complexity index is 1190. The van der Waals surface area contributed by atoms with Gasteiger partial charge in [0.15, 0.2) is 5.96 Å². The van der Waals surface area contributed by atoms with Gasteiger partial charge in [-0.05, 0) is 24.3 Å². The number of hydrogen-bond donors (Lipinski definition) is 5. The monoisotopic (exact) mass is 428 g/mol. The number of aromatic amines is 1. The van der Waals surface area contributed by atoms with Crippen molar-refractivity contribution in [3.8, 4) is 0 Å². The molecule has 154 valence electrons. The average Bonchev–Trinajstić information content (AvgIpc) is 3.20. The van der Waals surface area contributed by atoms with Crippen molar-refractivity contribution in [2.24, 2.45) is 16.5 Å². The Morgan fingerprint density at radius 2 is 1.93 bits per heavy atom. The molecule has 7 N–H and O–H groups in total. The van der Waals surface area contributed by atoms with Gasteiger partial charge in [0, 0.05) is 34.3 Å². The molecule has 0 fully saturated rings. The molecular weight excluding hydrogens is 411 g/mol. The second-order valence-corrected chi connectivity index (χ2v) is 7.33. The number of nitrogens with zero attached hydrogens (tertiary/aromatic N) is 1. The van der Waals surface area contributed by atoms with Crippen molar-refractivity contribution < 1.29 is 14.0 Å². The number of aliphatic imine (C=N–C) groups is 1. The molecule has 1 aliphatic carbocycles. The van der Waals surface area contributed by atoms with E-state index < -0.39 is 29.7 Å². The average molecular weight is 429 g/mol. The van der Waals surface area contributed by atoms with Crippen LogP contribution >= 0.6 is 11.6 Å². The summed E-state index contributed by atoms with van der Waals surface area (Å²) >= 11 is 5.63. The van der Waals surface area contributed by atoms with Crippen LogP contribution in [0, 0.1) is 5.82 Å². The zero-order valence-electron chi connectivity index (χ0n) is 15.6. The first kappa shape index (κ1) is 19.7. The summed E-state index contributed by atoms with van der Waals surface area (Å²) in [6.07, 6.45) is 0.469. The van der Waals surface area contributed by atoms with E-state index in [1.807, 2.05) is 24.3 Å². The number of halogens is 2. The Morgan fingerprint density at radius 1 is 1.17 bits per heavy atom. The topological polar surface area (TPSA) is 138 Å². The van der Waals surface area contributed by atoms with Crippen LogP contribution in [0.25, 0.3) is 10.9 Å². The molecular formula is C20H18ClFN6O2. The lowest BCUT2D eigenvalue weighted by Crippen LogP contribution is -2.41. The van der Waals surface area contributed by atoms with Gasteiger partial charge in [-0.2, -0.15) is 0 Å². The van der Waals surface area contributed by atoms with Crippen LogP contribution < -0.4 is 22.1 Å². The summed E-state index contributed by atoms with van der Waals surface area (Å²) in [4.78, 5) is 32.5. The predicted molar refractivity (Wildman–Crippen MR) is 113 cm³/mol. The first-order valence-corrected chi connectivity index (χ1v) is 9.46. The number of benzene rings is 2. The maximum absolute atomic E-state index is 13.6. The molecule has 1 heterocycles. The fraction of sp³-hybridized carbons (Fsp3) is 0.150. The molecule has 0 saturated carbocycles. The zero-order chi connectivity index (χ0) is 21.4. The molecule has 2 amide bonds. The Morgan fingerprint density at radius 3 is 2.67 bits per heavy atom. The molecule has 0 saturated heterocycles. The molecule has 0 radical (unpaired) electrons. The van der Waals surface area contributed by atoms with E-state index >= 15 is 0 Å². The number of rotatable bonds is 3. The third-order valence-electron chi connectivity index (χ3n) is 4.92. The van der Waals surface area contributed by atoms with Crippen molar-refractivity contribution in [2.45, 2.75) is 18.5 Å². The fourth-order valence-electron chi connectivity index (χ4n) is 3.70. The van der Waals surface area contributed by atoms with Crippen LogP contribution in [0.1, 0.15) is 17.3 Å². The van der Waals surface area contributed by atoms with E-state index in [9.17, 15) is 14.0 Å². The van der Waals surface area contributed by atoms with E-state index in [-0.39, 0.29) is 16.7 Å². The molecule has 2 atom stereocenters. The third kappa shape index (κ3) is 3.67. The molecule has 2 aromatic carbocycles. The molecule has 8 nitrogen and oxygen atoms in total. The quantitative estimate of drug-likeness (QED) is 0.247. The van der Waals surface area contributed by atoms with Gasteiger partial charge in [0.1, 0.15) is 5.82 Å². The number of para-hydroxylation sites is 1. The molecule has 0 bridgehead atoms. The summed E-state index contributed by atoms with van der Waals surface area (Å²) in [5.74, 6) is -2.67. The van der Waals surface area contributed by atoms with Crippen LogP contribution in [0.3, 0.4) is 0 Å². The smallest absolute Gasteiger partial charge is 0.313 e. The van der Waals surface area contributed by atoms with Crippen LogP contribution in [-0.2, 0) is 16.0 Å². The number of nitrogens with one attached hydrogen (secondary N) is 3. The summed E-state index contributed by atoms with van der Waals surface area (Å²) in [5.41, 5.74) is 13.8. The van der Waals surface area contributed by atoms with Gasteiger partial charge in [0.25, 0.3) is 0 Å².